The molecule has 0 fully saturated rings. The first-order valence-corrected chi connectivity index (χ1v) is 5.26. The molecule has 0 aliphatic heterocycles. The second kappa shape index (κ2) is 4.50. The van der Waals surface area contributed by atoms with Gasteiger partial charge < -0.3 is 0 Å². The van der Waals surface area contributed by atoms with Crippen molar-refractivity contribution in [1.29, 1.82) is 0 Å². The van der Waals surface area contributed by atoms with Crippen LogP contribution in [0.5, 0.6) is 0 Å². The van der Waals surface area contributed by atoms with E-state index in [2.05, 4.69) is 6.58 Å². The van der Waals surface area contributed by atoms with E-state index in [1.165, 1.54) is 0 Å². The van der Waals surface area contributed by atoms with Crippen molar-refractivity contribution >= 4 is 9.84 Å². The molecule has 0 aromatic carbocycles. The number of hydrogen-bond donors (Lipinski definition) is 0. The molecule has 0 aliphatic rings. The van der Waals surface area contributed by atoms with E-state index in [1.54, 1.807) is 13.0 Å². The van der Waals surface area contributed by atoms with E-state index in [9.17, 15) is 8.42 Å². The van der Waals surface area contributed by atoms with Crippen LogP contribution in [0.4, 0.5) is 0 Å². The van der Waals surface area contributed by atoms with Crippen LogP contribution in [0.15, 0.2) is 12.7 Å². The molecular weight excluding hydrogens is 148 g/mol. The summed E-state index contributed by atoms with van der Waals surface area (Å²) in [6.07, 6.45) is 3.24. The van der Waals surface area contributed by atoms with Crippen LogP contribution in [0.1, 0.15) is 19.8 Å². The monoisotopic (exact) mass is 162 g/mol. The first-order chi connectivity index (χ1) is 4.62. The zero-order valence-electron chi connectivity index (χ0n) is 6.34. The van der Waals surface area contributed by atoms with Gasteiger partial charge in [-0.15, -0.1) is 6.58 Å². The summed E-state index contributed by atoms with van der Waals surface area (Å²) in [5.74, 6) is 0.555. The van der Waals surface area contributed by atoms with Gasteiger partial charge in [0.1, 0.15) is 9.84 Å². The lowest BCUT2D eigenvalue weighted by molar-refractivity contribution is 0.595. The van der Waals surface area contributed by atoms with Crippen LogP contribution in [0, 0.1) is 0 Å². The maximum absolute atomic E-state index is 10.8. The van der Waals surface area contributed by atoms with Crippen molar-refractivity contribution in [3.05, 3.63) is 12.7 Å². The van der Waals surface area contributed by atoms with E-state index < -0.39 is 9.84 Å². The van der Waals surface area contributed by atoms with Gasteiger partial charge in [-0.25, -0.2) is 8.42 Å². The third kappa shape index (κ3) is 4.56. The third-order valence-electron chi connectivity index (χ3n) is 1.30. The lowest BCUT2D eigenvalue weighted by Gasteiger charge is -1.96. The molecule has 0 rings (SSSR count). The smallest absolute Gasteiger partial charge is 0.150 e. The van der Waals surface area contributed by atoms with Crippen molar-refractivity contribution in [3.8, 4) is 0 Å². The number of unbranched alkanes of at least 4 members (excludes halogenated alkanes) is 1. The summed E-state index contributed by atoms with van der Waals surface area (Å²) in [7, 11) is -2.74. The minimum atomic E-state index is -2.74. The summed E-state index contributed by atoms with van der Waals surface area (Å²) < 4.78 is 21.7. The summed E-state index contributed by atoms with van der Waals surface area (Å²) in [6.45, 7) is 5.18. The third-order valence-corrected chi connectivity index (χ3v) is 3.09. The highest BCUT2D eigenvalue weighted by Crippen LogP contribution is 1.96. The largest absolute Gasteiger partial charge is 0.229 e. The van der Waals surface area contributed by atoms with Gasteiger partial charge in [-0.2, -0.15) is 0 Å². The first-order valence-electron chi connectivity index (χ1n) is 3.43. The topological polar surface area (TPSA) is 34.1 Å². The Morgan fingerprint density at radius 1 is 1.50 bits per heavy atom. The van der Waals surface area contributed by atoms with Crippen LogP contribution < -0.4 is 0 Å². The lowest BCUT2D eigenvalue weighted by Crippen LogP contribution is -2.07. The summed E-state index contributed by atoms with van der Waals surface area (Å²) >= 11 is 0. The highest BCUT2D eigenvalue weighted by atomic mass is 32.2. The molecule has 0 aromatic rings. The molecule has 0 radical (unpaired) electrons. The van der Waals surface area contributed by atoms with Crippen LogP contribution in [0.2, 0.25) is 0 Å². The van der Waals surface area contributed by atoms with Gasteiger partial charge in [-0.3, -0.25) is 0 Å². The van der Waals surface area contributed by atoms with Crippen molar-refractivity contribution in [2.24, 2.45) is 0 Å². The second-order valence-corrected chi connectivity index (χ2v) is 4.64. The number of allylic oxidation sites excluding steroid dienone is 1. The van der Waals surface area contributed by atoms with E-state index in [4.69, 9.17) is 0 Å². The molecule has 2 nitrogen and oxygen atoms in total. The Kier molecular flexibility index (Phi) is 4.36. The number of sulfone groups is 1. The summed E-state index contributed by atoms with van der Waals surface area (Å²) in [5, 5.41) is 0. The zero-order valence-corrected chi connectivity index (χ0v) is 7.15. The van der Waals surface area contributed by atoms with Gasteiger partial charge in [0.25, 0.3) is 0 Å². The van der Waals surface area contributed by atoms with Crippen molar-refractivity contribution in [2.75, 3.05) is 11.5 Å². The fraction of sp³-hybridized carbons (Fsp3) is 0.714. The molecule has 10 heavy (non-hydrogen) atoms. The van der Waals surface area contributed by atoms with Gasteiger partial charge >= 0.3 is 0 Å². The summed E-state index contributed by atoms with van der Waals surface area (Å²) in [4.78, 5) is 0. The highest BCUT2D eigenvalue weighted by molar-refractivity contribution is 7.91. The minimum absolute atomic E-state index is 0.254. The number of rotatable bonds is 5. The standard InChI is InChI=1S/C7H14O2S/c1-3-5-6-7-10(8,9)4-2/h3H,1,4-7H2,2H3. The number of hydrogen-bond acceptors (Lipinski definition) is 2. The average molecular weight is 162 g/mol. The quantitative estimate of drug-likeness (QED) is 0.452. The van der Waals surface area contributed by atoms with Gasteiger partial charge in [0, 0.05) is 5.75 Å². The molecule has 0 atom stereocenters. The van der Waals surface area contributed by atoms with Crippen molar-refractivity contribution < 1.29 is 8.42 Å². The van der Waals surface area contributed by atoms with Crippen molar-refractivity contribution in [2.45, 2.75) is 19.8 Å². The van der Waals surface area contributed by atoms with Gasteiger partial charge in [0.2, 0.25) is 0 Å². The molecule has 0 aromatic heterocycles. The molecule has 0 unspecified atom stereocenters. The minimum Gasteiger partial charge on any atom is -0.229 e. The SMILES string of the molecule is C=CCCCS(=O)(=O)CC. The Bertz CT molecular complexity index is 180. The van der Waals surface area contributed by atoms with Crippen LogP contribution in [0.25, 0.3) is 0 Å². The van der Waals surface area contributed by atoms with Gasteiger partial charge in [-0.1, -0.05) is 13.0 Å². The van der Waals surface area contributed by atoms with Crippen LogP contribution in [0.3, 0.4) is 0 Å². The fourth-order valence-electron chi connectivity index (χ4n) is 0.592. The van der Waals surface area contributed by atoms with Crippen molar-refractivity contribution in [3.63, 3.8) is 0 Å². The molecule has 0 saturated heterocycles. The van der Waals surface area contributed by atoms with Crippen molar-refractivity contribution in [1.82, 2.24) is 0 Å². The Labute approximate surface area is 62.9 Å². The molecule has 0 spiro atoms. The molecule has 0 aliphatic carbocycles. The van der Waals surface area contributed by atoms with E-state index in [0.29, 0.717) is 12.2 Å². The molecule has 0 heterocycles. The molecule has 3 heteroatoms. The normalized spacial score (nSPS) is 11.3. The van der Waals surface area contributed by atoms with Gasteiger partial charge in [0.15, 0.2) is 0 Å². The van der Waals surface area contributed by atoms with E-state index in [-0.39, 0.29) is 5.75 Å². The first kappa shape index (κ1) is 9.69. The summed E-state index contributed by atoms with van der Waals surface area (Å²) in [6, 6.07) is 0. The highest BCUT2D eigenvalue weighted by Gasteiger charge is 2.04. The Balaban J connectivity index is 3.58. The van der Waals surface area contributed by atoms with E-state index >= 15 is 0 Å². The van der Waals surface area contributed by atoms with Crippen LogP contribution in [-0.4, -0.2) is 19.9 Å². The Morgan fingerprint density at radius 3 is 2.50 bits per heavy atom. The molecule has 0 saturated carbocycles. The fourth-order valence-corrected chi connectivity index (χ4v) is 1.49. The molecule has 60 valence electrons. The lowest BCUT2D eigenvalue weighted by atomic mass is 10.3. The summed E-state index contributed by atoms with van der Waals surface area (Å²) in [5.41, 5.74) is 0. The van der Waals surface area contributed by atoms with E-state index in [1.807, 2.05) is 0 Å². The second-order valence-electron chi connectivity index (χ2n) is 2.17. The van der Waals surface area contributed by atoms with E-state index in [0.717, 1.165) is 6.42 Å². The van der Waals surface area contributed by atoms with Crippen LogP contribution in [-0.2, 0) is 9.84 Å². The van der Waals surface area contributed by atoms with Gasteiger partial charge in [-0.05, 0) is 12.8 Å². The maximum atomic E-state index is 10.8. The Hall–Kier alpha value is -0.310. The zero-order chi connectivity index (χ0) is 8.04. The maximum Gasteiger partial charge on any atom is 0.150 e. The predicted molar refractivity (Wildman–Crippen MR) is 43.8 cm³/mol. The molecular formula is C7H14O2S. The predicted octanol–water partition coefficient (Wildman–Crippen LogP) is 1.39. The molecule has 0 bridgehead atoms. The van der Waals surface area contributed by atoms with Gasteiger partial charge in [0.05, 0.1) is 5.75 Å². The molecule has 0 N–H and O–H groups in total. The average Bonchev–Trinajstić information content (AvgIpc) is 1.89. The molecule has 0 amide bonds. The van der Waals surface area contributed by atoms with Crippen LogP contribution >= 0.6 is 0 Å². The Morgan fingerprint density at radius 2 is 2.10 bits per heavy atom.